The molecule has 1 atom stereocenters. The molecule has 0 radical (unpaired) electrons. The Hall–Kier alpha value is -2.12. The van der Waals surface area contributed by atoms with Gasteiger partial charge in [-0.25, -0.2) is 4.39 Å². The zero-order chi connectivity index (χ0) is 23.1. The molecule has 1 aliphatic carbocycles. The number of carbonyl (C=O) groups excluding carboxylic acids is 2. The molecule has 2 amide bonds. The van der Waals surface area contributed by atoms with Crippen LogP contribution in [0.2, 0.25) is 5.02 Å². The maximum Gasteiger partial charge on any atom is 0.261 e. The molecular weight excluding hydrogens is 499 g/mol. The quantitative estimate of drug-likeness (QED) is 0.496. The molecule has 3 rings (SSSR count). The van der Waals surface area contributed by atoms with Gasteiger partial charge in [-0.3, -0.25) is 9.59 Å². The molecule has 1 aliphatic rings. The average Bonchev–Trinajstić information content (AvgIpc) is 2.78. The van der Waals surface area contributed by atoms with Gasteiger partial charge in [0, 0.05) is 23.2 Å². The lowest BCUT2D eigenvalue weighted by atomic mass is 9.95. The second-order valence-electron chi connectivity index (χ2n) is 8.00. The highest BCUT2D eigenvalue weighted by Crippen LogP contribution is 2.28. The summed E-state index contributed by atoms with van der Waals surface area (Å²) < 4.78 is 20.6. The van der Waals surface area contributed by atoms with Gasteiger partial charge in [0.1, 0.15) is 17.6 Å². The standard InChI is InChI=1S/C24H27BrClFN2O3/c1-16(24(31)28-19-8-3-2-4-9-19)29(14-17-7-5-6-10-21(17)27)23(30)15-32-22-12-11-18(26)13-20(22)25/h5-7,10-13,16,19H,2-4,8-9,14-15H2,1H3,(H,28,31). The van der Waals surface area contributed by atoms with Crippen LogP contribution in [0.25, 0.3) is 0 Å². The number of rotatable bonds is 8. The number of ether oxygens (including phenoxy) is 1. The van der Waals surface area contributed by atoms with Crippen LogP contribution in [0, 0.1) is 5.82 Å². The van der Waals surface area contributed by atoms with Crippen molar-refractivity contribution in [2.45, 2.75) is 57.7 Å². The highest BCUT2D eigenvalue weighted by Gasteiger charge is 2.29. The predicted octanol–water partition coefficient (Wildman–Crippen LogP) is 5.49. The number of nitrogens with zero attached hydrogens (tertiary/aromatic N) is 1. The maximum atomic E-state index is 14.3. The fourth-order valence-electron chi connectivity index (χ4n) is 3.78. The van der Waals surface area contributed by atoms with Crippen molar-refractivity contribution in [3.05, 3.63) is 63.3 Å². The SMILES string of the molecule is CC(C(=O)NC1CCCCC1)N(Cc1ccccc1F)C(=O)COc1ccc(Cl)cc1Br. The lowest BCUT2D eigenvalue weighted by molar-refractivity contribution is -0.142. The van der Waals surface area contributed by atoms with Crippen LogP contribution in [0.4, 0.5) is 4.39 Å². The van der Waals surface area contributed by atoms with Gasteiger partial charge < -0.3 is 15.0 Å². The van der Waals surface area contributed by atoms with E-state index < -0.39 is 17.8 Å². The molecule has 0 heterocycles. The Labute approximate surface area is 201 Å². The van der Waals surface area contributed by atoms with Gasteiger partial charge in [0.25, 0.3) is 5.91 Å². The molecular formula is C24H27BrClFN2O3. The number of benzene rings is 2. The fraction of sp³-hybridized carbons (Fsp3) is 0.417. The number of hydrogen-bond acceptors (Lipinski definition) is 3. The number of amides is 2. The second-order valence-corrected chi connectivity index (χ2v) is 9.29. The first-order valence-corrected chi connectivity index (χ1v) is 11.9. The third-order valence-corrected chi connectivity index (χ3v) is 6.52. The van der Waals surface area contributed by atoms with Gasteiger partial charge in [-0.05, 0) is 60.0 Å². The van der Waals surface area contributed by atoms with Crippen LogP contribution in [0.1, 0.15) is 44.6 Å². The van der Waals surface area contributed by atoms with Gasteiger partial charge in [0.05, 0.1) is 4.47 Å². The molecule has 1 saturated carbocycles. The van der Waals surface area contributed by atoms with E-state index in [0.717, 1.165) is 25.7 Å². The predicted molar refractivity (Wildman–Crippen MR) is 126 cm³/mol. The third kappa shape index (κ3) is 6.69. The first-order chi connectivity index (χ1) is 15.3. The summed E-state index contributed by atoms with van der Waals surface area (Å²) in [6.45, 7) is 1.33. The van der Waals surface area contributed by atoms with Crippen LogP contribution in [-0.2, 0) is 16.1 Å². The van der Waals surface area contributed by atoms with Gasteiger partial charge >= 0.3 is 0 Å². The van der Waals surface area contributed by atoms with Crippen LogP contribution in [0.5, 0.6) is 5.75 Å². The Morgan fingerprint density at radius 1 is 1.22 bits per heavy atom. The zero-order valence-corrected chi connectivity index (χ0v) is 20.3. The van der Waals surface area contributed by atoms with E-state index in [2.05, 4.69) is 21.2 Å². The lowest BCUT2D eigenvalue weighted by Crippen LogP contribution is -2.51. The number of halogens is 3. The Morgan fingerprint density at radius 2 is 1.94 bits per heavy atom. The Morgan fingerprint density at radius 3 is 2.62 bits per heavy atom. The molecule has 1 fully saturated rings. The fourth-order valence-corrected chi connectivity index (χ4v) is 4.57. The highest BCUT2D eigenvalue weighted by atomic mass is 79.9. The van der Waals surface area contributed by atoms with Crippen molar-refractivity contribution in [2.75, 3.05) is 6.61 Å². The maximum absolute atomic E-state index is 14.3. The Balaban J connectivity index is 1.73. The summed E-state index contributed by atoms with van der Waals surface area (Å²) in [5, 5.41) is 3.59. The molecule has 8 heteroatoms. The molecule has 5 nitrogen and oxygen atoms in total. The molecule has 172 valence electrons. The van der Waals surface area contributed by atoms with Crippen LogP contribution in [0.15, 0.2) is 46.9 Å². The summed E-state index contributed by atoms with van der Waals surface area (Å²) in [6.07, 6.45) is 5.22. The molecule has 0 saturated heterocycles. The largest absolute Gasteiger partial charge is 0.483 e. The smallest absolute Gasteiger partial charge is 0.261 e. The van der Waals surface area contributed by atoms with Crippen molar-refractivity contribution < 1.29 is 18.7 Å². The van der Waals surface area contributed by atoms with Crippen molar-refractivity contribution in [1.29, 1.82) is 0 Å². The number of carbonyl (C=O) groups is 2. The van der Waals surface area contributed by atoms with Crippen LogP contribution >= 0.6 is 27.5 Å². The monoisotopic (exact) mass is 524 g/mol. The number of nitrogens with one attached hydrogen (secondary N) is 1. The second kappa shape index (κ2) is 11.7. The topological polar surface area (TPSA) is 58.6 Å². The molecule has 0 spiro atoms. The first kappa shape index (κ1) is 24.5. The van der Waals surface area contributed by atoms with Crippen molar-refractivity contribution in [3.63, 3.8) is 0 Å². The summed E-state index contributed by atoms with van der Waals surface area (Å²) >= 11 is 9.31. The van der Waals surface area contributed by atoms with E-state index in [-0.39, 0.29) is 25.1 Å². The van der Waals surface area contributed by atoms with E-state index in [9.17, 15) is 14.0 Å². The molecule has 1 N–H and O–H groups in total. The summed E-state index contributed by atoms with van der Waals surface area (Å²) in [5.74, 6) is -0.630. The van der Waals surface area contributed by atoms with Crippen molar-refractivity contribution >= 4 is 39.3 Å². The molecule has 0 aliphatic heterocycles. The van der Waals surface area contributed by atoms with E-state index in [1.54, 1.807) is 43.3 Å². The van der Waals surface area contributed by atoms with Crippen molar-refractivity contribution in [3.8, 4) is 5.75 Å². The van der Waals surface area contributed by atoms with Crippen LogP contribution < -0.4 is 10.1 Å². The number of hydrogen-bond donors (Lipinski definition) is 1. The summed E-state index contributed by atoms with van der Waals surface area (Å²) in [4.78, 5) is 27.4. The van der Waals surface area contributed by atoms with Crippen molar-refractivity contribution in [2.24, 2.45) is 0 Å². The van der Waals surface area contributed by atoms with Crippen LogP contribution in [-0.4, -0.2) is 35.4 Å². The molecule has 1 unspecified atom stereocenters. The molecule has 0 aromatic heterocycles. The van der Waals surface area contributed by atoms with E-state index in [0.29, 0.717) is 20.8 Å². The molecule has 2 aromatic rings. The summed E-state index contributed by atoms with van der Waals surface area (Å²) in [6, 6.07) is 10.6. The van der Waals surface area contributed by atoms with Gasteiger partial charge in [-0.15, -0.1) is 0 Å². The van der Waals surface area contributed by atoms with E-state index >= 15 is 0 Å². The lowest BCUT2D eigenvalue weighted by Gasteiger charge is -2.31. The zero-order valence-electron chi connectivity index (χ0n) is 18.0. The van der Waals surface area contributed by atoms with E-state index in [4.69, 9.17) is 16.3 Å². The Kier molecular flexibility index (Phi) is 8.93. The molecule has 32 heavy (non-hydrogen) atoms. The molecule has 2 aromatic carbocycles. The molecule has 0 bridgehead atoms. The van der Waals surface area contributed by atoms with E-state index in [1.807, 2.05) is 0 Å². The minimum absolute atomic E-state index is 0.0318. The van der Waals surface area contributed by atoms with Gasteiger partial charge in [-0.2, -0.15) is 0 Å². The van der Waals surface area contributed by atoms with Gasteiger partial charge in [-0.1, -0.05) is 49.1 Å². The first-order valence-electron chi connectivity index (χ1n) is 10.8. The normalized spacial score (nSPS) is 15.1. The van der Waals surface area contributed by atoms with Crippen LogP contribution in [0.3, 0.4) is 0 Å². The van der Waals surface area contributed by atoms with Gasteiger partial charge in [0.15, 0.2) is 6.61 Å². The highest BCUT2D eigenvalue weighted by molar-refractivity contribution is 9.10. The minimum atomic E-state index is -0.777. The third-order valence-electron chi connectivity index (χ3n) is 5.66. The summed E-state index contributed by atoms with van der Waals surface area (Å²) in [7, 11) is 0. The average molecular weight is 526 g/mol. The Bertz CT molecular complexity index is 953. The van der Waals surface area contributed by atoms with Gasteiger partial charge in [0.2, 0.25) is 5.91 Å². The summed E-state index contributed by atoms with van der Waals surface area (Å²) in [5.41, 5.74) is 0.339. The van der Waals surface area contributed by atoms with E-state index in [1.165, 1.54) is 17.4 Å². The van der Waals surface area contributed by atoms with Crippen molar-refractivity contribution in [1.82, 2.24) is 10.2 Å². The minimum Gasteiger partial charge on any atom is -0.483 e.